The quantitative estimate of drug-likeness (QED) is 0.759. The van der Waals surface area contributed by atoms with Gasteiger partial charge in [-0.3, -0.25) is 0 Å². The van der Waals surface area contributed by atoms with Crippen LogP contribution < -0.4 is 5.73 Å². The summed E-state index contributed by atoms with van der Waals surface area (Å²) in [5.74, 6) is 0.435. The maximum absolute atomic E-state index is 13.4. The fourth-order valence-corrected chi connectivity index (χ4v) is 2.04. The molecule has 1 aromatic heterocycles. The van der Waals surface area contributed by atoms with Gasteiger partial charge in [-0.15, -0.1) is 0 Å². The van der Waals surface area contributed by atoms with Crippen LogP contribution in [-0.2, 0) is 4.74 Å². The molecule has 2 aromatic rings. The van der Waals surface area contributed by atoms with Crippen molar-refractivity contribution in [3.8, 4) is 0 Å². The van der Waals surface area contributed by atoms with Gasteiger partial charge in [0.15, 0.2) is 5.82 Å². The van der Waals surface area contributed by atoms with Gasteiger partial charge in [0.25, 0.3) is 0 Å². The van der Waals surface area contributed by atoms with E-state index in [1.807, 2.05) is 0 Å². The fourth-order valence-electron chi connectivity index (χ4n) is 2.04. The van der Waals surface area contributed by atoms with E-state index in [-0.39, 0.29) is 17.8 Å². The van der Waals surface area contributed by atoms with Gasteiger partial charge in [0.1, 0.15) is 11.3 Å². The Kier molecular flexibility index (Phi) is 2.15. The summed E-state index contributed by atoms with van der Waals surface area (Å²) in [4.78, 5) is 7.35. The van der Waals surface area contributed by atoms with E-state index in [0.29, 0.717) is 30.1 Å². The summed E-state index contributed by atoms with van der Waals surface area (Å²) < 4.78 is 18.7. The van der Waals surface area contributed by atoms with Gasteiger partial charge < -0.3 is 15.5 Å². The summed E-state index contributed by atoms with van der Waals surface area (Å²) in [6.07, 6.45) is 0. The van der Waals surface area contributed by atoms with Crippen molar-refractivity contribution in [1.82, 2.24) is 9.97 Å². The summed E-state index contributed by atoms with van der Waals surface area (Å²) in [6, 6.07) is 4.79. The van der Waals surface area contributed by atoms with E-state index in [4.69, 9.17) is 10.5 Å². The summed E-state index contributed by atoms with van der Waals surface area (Å²) in [5.41, 5.74) is 6.97. The van der Waals surface area contributed by atoms with E-state index in [2.05, 4.69) is 9.97 Å². The smallest absolute Gasteiger partial charge is 0.151 e. The lowest BCUT2D eigenvalue weighted by atomic mass is 10.0. The molecule has 1 aromatic carbocycles. The van der Waals surface area contributed by atoms with E-state index in [9.17, 15) is 4.39 Å². The highest BCUT2D eigenvalue weighted by Crippen LogP contribution is 2.25. The number of nitrogens with one attached hydrogen (secondary N) is 1. The normalized spacial score (nSPS) is 25.4. The molecule has 0 spiro atoms. The SMILES string of the molecule is NC1COCC1c1nc2c(F)cccc2[nH]1. The Morgan fingerprint density at radius 3 is 3.00 bits per heavy atom. The minimum atomic E-state index is -0.313. The van der Waals surface area contributed by atoms with Crippen molar-refractivity contribution in [1.29, 1.82) is 0 Å². The molecule has 16 heavy (non-hydrogen) atoms. The van der Waals surface area contributed by atoms with Crippen LogP contribution >= 0.6 is 0 Å². The number of halogens is 1. The van der Waals surface area contributed by atoms with Crippen LogP contribution in [0.3, 0.4) is 0 Å². The standard InChI is InChI=1S/C11H12FN3O/c12-7-2-1-3-9-10(7)15-11(14-9)6-4-16-5-8(6)13/h1-3,6,8H,4-5,13H2,(H,14,15). The first kappa shape index (κ1) is 9.74. The lowest BCUT2D eigenvalue weighted by Crippen LogP contribution is -2.27. The molecule has 1 aliphatic heterocycles. The predicted octanol–water partition coefficient (Wildman–Crippen LogP) is 1.14. The lowest BCUT2D eigenvalue weighted by Gasteiger charge is -2.08. The first-order valence-electron chi connectivity index (χ1n) is 5.23. The molecule has 0 bridgehead atoms. The van der Waals surface area contributed by atoms with Crippen molar-refractivity contribution in [2.45, 2.75) is 12.0 Å². The number of imidazole rings is 1. The molecule has 0 radical (unpaired) electrons. The van der Waals surface area contributed by atoms with Crippen LogP contribution in [0.5, 0.6) is 0 Å². The summed E-state index contributed by atoms with van der Waals surface area (Å²) in [7, 11) is 0. The number of H-pyrrole nitrogens is 1. The molecule has 0 saturated carbocycles. The number of benzene rings is 1. The highest BCUT2D eigenvalue weighted by Gasteiger charge is 2.29. The highest BCUT2D eigenvalue weighted by molar-refractivity contribution is 5.75. The molecule has 3 rings (SSSR count). The zero-order chi connectivity index (χ0) is 11.1. The maximum Gasteiger partial charge on any atom is 0.151 e. The molecular formula is C11H12FN3O. The third kappa shape index (κ3) is 1.40. The second kappa shape index (κ2) is 3.54. The van der Waals surface area contributed by atoms with Crippen molar-refractivity contribution < 1.29 is 9.13 Å². The number of hydrogen-bond acceptors (Lipinski definition) is 3. The summed E-state index contributed by atoms with van der Waals surface area (Å²) in [6.45, 7) is 1.08. The molecule has 1 aliphatic rings. The molecule has 1 fully saturated rings. The number of nitrogens with two attached hydrogens (primary N) is 1. The third-order valence-corrected chi connectivity index (χ3v) is 2.96. The Morgan fingerprint density at radius 2 is 2.31 bits per heavy atom. The average Bonchev–Trinajstić information content (AvgIpc) is 2.84. The third-order valence-electron chi connectivity index (χ3n) is 2.96. The second-order valence-corrected chi connectivity index (χ2v) is 4.07. The van der Waals surface area contributed by atoms with E-state index in [1.165, 1.54) is 6.07 Å². The van der Waals surface area contributed by atoms with Crippen LogP contribution in [0, 0.1) is 5.82 Å². The summed E-state index contributed by atoms with van der Waals surface area (Å²) >= 11 is 0. The van der Waals surface area contributed by atoms with Crippen molar-refractivity contribution in [2.75, 3.05) is 13.2 Å². The summed E-state index contributed by atoms with van der Waals surface area (Å²) in [5, 5.41) is 0. The number of hydrogen-bond donors (Lipinski definition) is 2. The van der Waals surface area contributed by atoms with Gasteiger partial charge >= 0.3 is 0 Å². The van der Waals surface area contributed by atoms with Gasteiger partial charge in [-0.2, -0.15) is 0 Å². The second-order valence-electron chi connectivity index (χ2n) is 4.07. The topological polar surface area (TPSA) is 63.9 Å². The maximum atomic E-state index is 13.4. The van der Waals surface area contributed by atoms with Crippen molar-refractivity contribution in [3.63, 3.8) is 0 Å². The molecule has 2 atom stereocenters. The fraction of sp³-hybridized carbons (Fsp3) is 0.364. The minimum Gasteiger partial charge on any atom is -0.379 e. The molecular weight excluding hydrogens is 209 g/mol. The molecule has 2 unspecified atom stereocenters. The van der Waals surface area contributed by atoms with Crippen LogP contribution in [0.15, 0.2) is 18.2 Å². The van der Waals surface area contributed by atoms with E-state index >= 15 is 0 Å². The van der Waals surface area contributed by atoms with Gasteiger partial charge in [0.05, 0.1) is 24.6 Å². The highest BCUT2D eigenvalue weighted by atomic mass is 19.1. The molecule has 3 N–H and O–H groups in total. The van der Waals surface area contributed by atoms with Crippen molar-refractivity contribution in [2.24, 2.45) is 5.73 Å². The number of para-hydroxylation sites is 1. The Bertz CT molecular complexity index is 525. The van der Waals surface area contributed by atoms with Crippen LogP contribution in [0.1, 0.15) is 11.7 Å². The Morgan fingerprint density at radius 1 is 1.44 bits per heavy atom. The number of nitrogens with zero attached hydrogens (tertiary/aromatic N) is 1. The van der Waals surface area contributed by atoms with Gasteiger partial charge in [-0.1, -0.05) is 6.07 Å². The molecule has 4 nitrogen and oxygen atoms in total. The Balaban J connectivity index is 2.08. The van der Waals surface area contributed by atoms with E-state index in [0.717, 1.165) is 0 Å². The predicted molar refractivity (Wildman–Crippen MR) is 57.6 cm³/mol. The lowest BCUT2D eigenvalue weighted by molar-refractivity contribution is 0.190. The number of aromatic nitrogens is 2. The largest absolute Gasteiger partial charge is 0.379 e. The van der Waals surface area contributed by atoms with Crippen LogP contribution in [0.2, 0.25) is 0 Å². The van der Waals surface area contributed by atoms with Crippen LogP contribution in [0.4, 0.5) is 4.39 Å². The van der Waals surface area contributed by atoms with Crippen LogP contribution in [-0.4, -0.2) is 29.2 Å². The average molecular weight is 221 g/mol. The molecule has 84 valence electrons. The zero-order valence-electron chi connectivity index (χ0n) is 8.61. The molecule has 1 saturated heterocycles. The number of aromatic amines is 1. The molecule has 0 amide bonds. The first-order chi connectivity index (χ1) is 7.75. The molecule has 0 aliphatic carbocycles. The minimum absolute atomic E-state index is 0.0341. The van der Waals surface area contributed by atoms with Crippen molar-refractivity contribution >= 4 is 11.0 Å². The Hall–Kier alpha value is -1.46. The Labute approximate surface area is 91.6 Å². The molecule has 5 heteroatoms. The first-order valence-corrected chi connectivity index (χ1v) is 5.23. The zero-order valence-corrected chi connectivity index (χ0v) is 8.61. The molecule has 2 heterocycles. The van der Waals surface area contributed by atoms with Gasteiger partial charge in [0.2, 0.25) is 0 Å². The number of fused-ring (bicyclic) bond motifs is 1. The van der Waals surface area contributed by atoms with E-state index in [1.54, 1.807) is 12.1 Å². The number of ether oxygens (including phenoxy) is 1. The van der Waals surface area contributed by atoms with Gasteiger partial charge in [-0.25, -0.2) is 9.37 Å². The van der Waals surface area contributed by atoms with Crippen LogP contribution in [0.25, 0.3) is 11.0 Å². The van der Waals surface area contributed by atoms with E-state index < -0.39 is 0 Å². The monoisotopic (exact) mass is 221 g/mol. The van der Waals surface area contributed by atoms with Gasteiger partial charge in [0, 0.05) is 6.04 Å². The van der Waals surface area contributed by atoms with Gasteiger partial charge in [-0.05, 0) is 12.1 Å². The number of rotatable bonds is 1. The van der Waals surface area contributed by atoms with Crippen molar-refractivity contribution in [3.05, 3.63) is 29.8 Å².